The molecule has 0 amide bonds. The minimum absolute atomic E-state index is 0.00609. The molecule has 0 aromatic heterocycles. The summed E-state index contributed by atoms with van der Waals surface area (Å²) >= 11 is 1.65. The van der Waals surface area contributed by atoms with Gasteiger partial charge in [0.2, 0.25) is 0 Å². The lowest BCUT2D eigenvalue weighted by atomic mass is 9.88. The van der Waals surface area contributed by atoms with Crippen molar-refractivity contribution < 1.29 is 9.90 Å². The molecule has 5 heteroatoms. The van der Waals surface area contributed by atoms with Crippen molar-refractivity contribution in [2.75, 3.05) is 20.1 Å². The Bertz CT molecular complexity index is 874. The van der Waals surface area contributed by atoms with Gasteiger partial charge in [-0.1, -0.05) is 30.3 Å². The Morgan fingerprint density at radius 1 is 1.22 bits per heavy atom. The minimum atomic E-state index is -0.430. The predicted molar refractivity (Wildman–Crippen MR) is 134 cm³/mol. The number of aryl methyl sites for hydroxylation is 2. The van der Waals surface area contributed by atoms with Crippen LogP contribution in [0.15, 0.2) is 47.4 Å². The van der Waals surface area contributed by atoms with Crippen LogP contribution in [0, 0.1) is 12.8 Å². The summed E-state index contributed by atoms with van der Waals surface area (Å²) in [6.45, 7) is 7.76. The first-order valence-electron chi connectivity index (χ1n) is 11.7. The monoisotopic (exact) mass is 454 g/mol. The molecule has 0 aliphatic heterocycles. The molecule has 32 heavy (non-hydrogen) atoms. The lowest BCUT2D eigenvalue weighted by Gasteiger charge is -2.31. The number of fused-ring (bicyclic) bond motifs is 1. The van der Waals surface area contributed by atoms with E-state index in [0.29, 0.717) is 25.4 Å². The molecule has 1 unspecified atom stereocenters. The number of aliphatic hydroxyl groups is 1. The predicted octanol–water partition coefficient (Wildman–Crippen LogP) is 4.60. The van der Waals surface area contributed by atoms with Gasteiger partial charge in [-0.05, 0) is 106 Å². The Hall–Kier alpha value is -1.66. The van der Waals surface area contributed by atoms with E-state index in [9.17, 15) is 9.90 Å². The van der Waals surface area contributed by atoms with Crippen molar-refractivity contribution >= 4 is 18.2 Å². The van der Waals surface area contributed by atoms with Crippen molar-refractivity contribution in [1.29, 1.82) is 0 Å². The summed E-state index contributed by atoms with van der Waals surface area (Å²) in [7, 11) is 2.02. The first-order chi connectivity index (χ1) is 15.3. The number of nitrogens with one attached hydrogen (secondary N) is 1. The summed E-state index contributed by atoms with van der Waals surface area (Å²) in [4.78, 5) is 11.8. The first-order valence-corrected chi connectivity index (χ1v) is 12.5. The van der Waals surface area contributed by atoms with Crippen LogP contribution >= 0.6 is 11.9 Å². The fourth-order valence-corrected chi connectivity index (χ4v) is 5.75. The molecule has 1 aliphatic carbocycles. The molecule has 2 aromatic rings. The third kappa shape index (κ3) is 7.45. The number of rotatable bonds is 12. The SMILES string of the molecule is Cc1cc(SN(C)CC(O)CNC(C)(C)CC2Cc3ccccc3C2)ccc1CCC=O. The number of nitrogens with zero attached hydrogens (tertiary/aromatic N) is 1. The molecule has 0 saturated heterocycles. The highest BCUT2D eigenvalue weighted by atomic mass is 32.2. The Balaban J connectivity index is 1.41. The van der Waals surface area contributed by atoms with Crippen LogP contribution in [0.1, 0.15) is 48.9 Å². The second-order valence-corrected chi connectivity index (χ2v) is 11.1. The summed E-state index contributed by atoms with van der Waals surface area (Å²) in [6.07, 6.45) is 5.33. The zero-order chi connectivity index (χ0) is 23.1. The zero-order valence-corrected chi connectivity index (χ0v) is 20.8. The molecular formula is C27H38N2O2S. The summed E-state index contributed by atoms with van der Waals surface area (Å²) in [5.41, 5.74) is 5.43. The van der Waals surface area contributed by atoms with Crippen molar-refractivity contribution in [3.63, 3.8) is 0 Å². The van der Waals surface area contributed by atoms with Crippen molar-refractivity contribution in [1.82, 2.24) is 9.62 Å². The fourth-order valence-electron chi connectivity index (χ4n) is 4.78. The smallest absolute Gasteiger partial charge is 0.120 e. The number of aliphatic hydroxyl groups excluding tert-OH is 1. The summed E-state index contributed by atoms with van der Waals surface area (Å²) in [6, 6.07) is 15.2. The second-order valence-electron chi connectivity index (χ2n) is 9.86. The maximum Gasteiger partial charge on any atom is 0.120 e. The molecule has 0 bridgehead atoms. The Morgan fingerprint density at radius 3 is 2.53 bits per heavy atom. The highest BCUT2D eigenvalue weighted by molar-refractivity contribution is 7.97. The van der Waals surface area contributed by atoms with E-state index >= 15 is 0 Å². The summed E-state index contributed by atoms with van der Waals surface area (Å²) in [5.74, 6) is 0.669. The maximum atomic E-state index is 10.6. The van der Waals surface area contributed by atoms with Gasteiger partial charge in [-0.2, -0.15) is 0 Å². The zero-order valence-electron chi connectivity index (χ0n) is 19.9. The molecule has 0 spiro atoms. The molecule has 4 nitrogen and oxygen atoms in total. The fraction of sp³-hybridized carbons (Fsp3) is 0.519. The molecule has 1 atom stereocenters. The van der Waals surface area contributed by atoms with Gasteiger partial charge >= 0.3 is 0 Å². The molecular weight excluding hydrogens is 416 g/mol. The molecule has 0 fully saturated rings. The Kier molecular flexibility index (Phi) is 8.95. The van der Waals surface area contributed by atoms with Gasteiger partial charge in [0.05, 0.1) is 6.10 Å². The van der Waals surface area contributed by atoms with Gasteiger partial charge in [-0.15, -0.1) is 0 Å². The van der Waals surface area contributed by atoms with Gasteiger partial charge in [0, 0.05) is 29.9 Å². The summed E-state index contributed by atoms with van der Waals surface area (Å²) < 4.78 is 2.09. The van der Waals surface area contributed by atoms with E-state index in [1.165, 1.54) is 22.3 Å². The molecule has 2 aromatic carbocycles. The van der Waals surface area contributed by atoms with E-state index in [-0.39, 0.29) is 5.54 Å². The van der Waals surface area contributed by atoms with Gasteiger partial charge in [0.1, 0.15) is 6.29 Å². The van der Waals surface area contributed by atoms with Gasteiger partial charge < -0.3 is 15.2 Å². The second kappa shape index (κ2) is 11.5. The largest absolute Gasteiger partial charge is 0.390 e. The van der Waals surface area contributed by atoms with E-state index < -0.39 is 6.10 Å². The number of likely N-dealkylation sites (N-methyl/N-ethyl adjacent to an activating group) is 1. The minimum Gasteiger partial charge on any atom is -0.390 e. The number of aldehydes is 1. The van der Waals surface area contributed by atoms with Crippen LogP contribution in [0.5, 0.6) is 0 Å². The quantitative estimate of drug-likeness (QED) is 0.363. The number of benzene rings is 2. The number of hydrogen-bond acceptors (Lipinski definition) is 5. The van der Waals surface area contributed by atoms with E-state index in [2.05, 4.69) is 72.9 Å². The lowest BCUT2D eigenvalue weighted by molar-refractivity contribution is -0.107. The van der Waals surface area contributed by atoms with Gasteiger partial charge in [-0.3, -0.25) is 0 Å². The summed E-state index contributed by atoms with van der Waals surface area (Å²) in [5, 5.41) is 14.2. The van der Waals surface area contributed by atoms with Crippen LogP contribution < -0.4 is 5.32 Å². The van der Waals surface area contributed by atoms with Gasteiger partial charge in [-0.25, -0.2) is 4.31 Å². The highest BCUT2D eigenvalue weighted by Gasteiger charge is 2.28. The van der Waals surface area contributed by atoms with Crippen molar-refractivity contribution in [2.24, 2.45) is 5.92 Å². The number of carbonyl (C=O) groups excluding carboxylic acids is 1. The normalized spacial score (nSPS) is 15.2. The average Bonchev–Trinajstić information content (AvgIpc) is 3.13. The van der Waals surface area contributed by atoms with E-state index in [1.54, 1.807) is 11.9 Å². The van der Waals surface area contributed by atoms with Crippen LogP contribution in [-0.4, -0.2) is 47.5 Å². The molecule has 0 heterocycles. The number of β-amino-alcohol motifs (C(OH)–C–C–N with tert-alkyl or cyclic N) is 1. The molecule has 3 rings (SSSR count). The topological polar surface area (TPSA) is 52.6 Å². The highest BCUT2D eigenvalue weighted by Crippen LogP contribution is 2.32. The van der Waals surface area contributed by atoms with Gasteiger partial charge in [0.15, 0.2) is 0 Å². The van der Waals surface area contributed by atoms with E-state index in [4.69, 9.17) is 0 Å². The van der Waals surface area contributed by atoms with Gasteiger partial charge in [0.25, 0.3) is 0 Å². The van der Waals surface area contributed by atoms with Crippen LogP contribution in [0.3, 0.4) is 0 Å². The van der Waals surface area contributed by atoms with Crippen molar-refractivity contribution in [2.45, 2.75) is 69.4 Å². The first kappa shape index (κ1) is 25.0. The Morgan fingerprint density at radius 2 is 1.91 bits per heavy atom. The van der Waals surface area contributed by atoms with Crippen molar-refractivity contribution in [3.8, 4) is 0 Å². The van der Waals surface area contributed by atoms with E-state index in [0.717, 1.165) is 36.9 Å². The van der Waals surface area contributed by atoms with Crippen LogP contribution in [0.2, 0.25) is 0 Å². The number of hydrogen-bond donors (Lipinski definition) is 2. The third-order valence-corrected chi connectivity index (χ3v) is 7.25. The lowest BCUT2D eigenvalue weighted by Crippen LogP contribution is -2.46. The molecule has 1 aliphatic rings. The standard InChI is InChI=1S/C27H38N2O2S/c1-20-14-26(12-11-22(20)10-7-13-30)32-29(4)19-25(31)18-28-27(2,3)17-21-15-23-8-5-6-9-24(23)16-21/h5-6,8-9,11-14,21,25,28,31H,7,10,15-19H2,1-4H3. The third-order valence-electron chi connectivity index (χ3n) is 6.33. The molecule has 174 valence electrons. The molecule has 0 radical (unpaired) electrons. The molecule has 0 saturated carbocycles. The number of carbonyl (C=O) groups is 1. The van der Waals surface area contributed by atoms with Crippen LogP contribution in [0.25, 0.3) is 0 Å². The van der Waals surface area contributed by atoms with Crippen LogP contribution in [0.4, 0.5) is 0 Å². The van der Waals surface area contributed by atoms with E-state index in [1.807, 2.05) is 7.05 Å². The Labute approximate surface area is 197 Å². The van der Waals surface area contributed by atoms with Crippen molar-refractivity contribution in [3.05, 3.63) is 64.7 Å². The van der Waals surface area contributed by atoms with Crippen LogP contribution in [-0.2, 0) is 24.1 Å². The average molecular weight is 455 g/mol. The molecule has 2 N–H and O–H groups in total. The maximum absolute atomic E-state index is 10.6.